The van der Waals surface area contributed by atoms with Crippen LogP contribution in [0, 0.1) is 0 Å². The fraction of sp³-hybridized carbons (Fsp3) is 0.182. The first-order valence-corrected chi connectivity index (χ1v) is 4.68. The molecule has 0 aromatic heterocycles. The van der Waals surface area contributed by atoms with Crippen molar-refractivity contribution in [2.24, 2.45) is 0 Å². The maximum absolute atomic E-state index is 9.82. The molecule has 0 aliphatic rings. The molecule has 74 valence electrons. The van der Waals surface area contributed by atoms with Crippen LogP contribution in [0.5, 0.6) is 0 Å². The van der Waals surface area contributed by atoms with Crippen molar-refractivity contribution in [3.05, 3.63) is 40.9 Å². The summed E-state index contributed by atoms with van der Waals surface area (Å²) in [6, 6.07) is 7.57. The van der Waals surface area contributed by atoms with Crippen LogP contribution in [0.2, 0.25) is 5.02 Å². The van der Waals surface area contributed by atoms with Crippen LogP contribution in [-0.2, 0) is 9.53 Å². The maximum Gasteiger partial charge on any atom is 0.293 e. The minimum absolute atomic E-state index is 0.407. The molecule has 1 aromatic carbocycles. The zero-order chi connectivity index (χ0) is 10.2. The predicted molar refractivity (Wildman–Crippen MR) is 57.1 cm³/mol. The molecular formula is C11H11ClO2. The van der Waals surface area contributed by atoms with E-state index >= 15 is 0 Å². The summed E-state index contributed by atoms with van der Waals surface area (Å²) in [5.74, 6) is 0. The van der Waals surface area contributed by atoms with E-state index in [-0.39, 0.29) is 0 Å². The number of benzene rings is 1. The van der Waals surface area contributed by atoms with Gasteiger partial charge in [0, 0.05) is 5.02 Å². The number of rotatable bonds is 5. The van der Waals surface area contributed by atoms with Gasteiger partial charge in [-0.2, -0.15) is 0 Å². The van der Waals surface area contributed by atoms with Gasteiger partial charge >= 0.3 is 0 Å². The molecule has 0 saturated carbocycles. The van der Waals surface area contributed by atoms with Crippen LogP contribution in [0.25, 0.3) is 6.08 Å². The molecule has 0 aliphatic heterocycles. The van der Waals surface area contributed by atoms with Gasteiger partial charge in [-0.15, -0.1) is 0 Å². The summed E-state index contributed by atoms with van der Waals surface area (Å²) in [6.07, 6.45) is 4.53. The van der Waals surface area contributed by atoms with Gasteiger partial charge in [0.2, 0.25) is 0 Å². The average molecular weight is 211 g/mol. The normalized spacial score (nSPS) is 10.4. The average Bonchev–Trinajstić information content (AvgIpc) is 2.20. The summed E-state index contributed by atoms with van der Waals surface area (Å²) in [5, 5.41) is 0.722. The number of hydrogen-bond donors (Lipinski definition) is 0. The van der Waals surface area contributed by atoms with Gasteiger partial charge in [0.05, 0.1) is 6.61 Å². The molecule has 0 bridgehead atoms. The number of carbonyl (C=O) groups is 1. The van der Waals surface area contributed by atoms with E-state index < -0.39 is 0 Å². The van der Waals surface area contributed by atoms with Crippen LogP contribution in [0.4, 0.5) is 0 Å². The van der Waals surface area contributed by atoms with Crippen LogP contribution < -0.4 is 0 Å². The van der Waals surface area contributed by atoms with Crippen molar-refractivity contribution in [2.45, 2.75) is 6.42 Å². The highest BCUT2D eigenvalue weighted by Crippen LogP contribution is 2.16. The lowest BCUT2D eigenvalue weighted by molar-refractivity contribution is -0.128. The first-order valence-electron chi connectivity index (χ1n) is 4.31. The topological polar surface area (TPSA) is 26.3 Å². The van der Waals surface area contributed by atoms with Gasteiger partial charge in [-0.3, -0.25) is 4.79 Å². The van der Waals surface area contributed by atoms with Gasteiger partial charge in [0.1, 0.15) is 0 Å². The van der Waals surface area contributed by atoms with E-state index in [1.165, 1.54) is 0 Å². The lowest BCUT2D eigenvalue weighted by Gasteiger charge is -1.96. The monoisotopic (exact) mass is 210 g/mol. The lowest BCUT2D eigenvalue weighted by Crippen LogP contribution is -1.88. The van der Waals surface area contributed by atoms with Crippen molar-refractivity contribution in [3.8, 4) is 0 Å². The van der Waals surface area contributed by atoms with E-state index in [0.29, 0.717) is 19.5 Å². The highest BCUT2D eigenvalue weighted by atomic mass is 35.5. The van der Waals surface area contributed by atoms with E-state index in [0.717, 1.165) is 10.6 Å². The zero-order valence-corrected chi connectivity index (χ0v) is 8.41. The van der Waals surface area contributed by atoms with Crippen LogP contribution in [0.15, 0.2) is 30.3 Å². The molecular weight excluding hydrogens is 200 g/mol. The van der Waals surface area contributed by atoms with Gasteiger partial charge in [0.15, 0.2) is 0 Å². The molecule has 0 spiro atoms. The third-order valence-corrected chi connectivity index (χ3v) is 2.02. The molecule has 0 unspecified atom stereocenters. The molecule has 14 heavy (non-hydrogen) atoms. The molecule has 3 heteroatoms. The first-order chi connectivity index (χ1) is 6.84. The summed E-state index contributed by atoms with van der Waals surface area (Å²) in [6.45, 7) is 0.855. The molecule has 0 N–H and O–H groups in total. The maximum atomic E-state index is 9.82. The molecule has 0 fully saturated rings. The number of halogens is 1. The molecule has 1 rings (SSSR count). The SMILES string of the molecule is O=COCC/C=C/c1ccccc1Cl. The van der Waals surface area contributed by atoms with E-state index in [2.05, 4.69) is 4.74 Å². The van der Waals surface area contributed by atoms with Crippen molar-refractivity contribution in [3.63, 3.8) is 0 Å². The highest BCUT2D eigenvalue weighted by molar-refractivity contribution is 6.32. The van der Waals surface area contributed by atoms with Gasteiger partial charge in [-0.1, -0.05) is 42.0 Å². The molecule has 1 aromatic rings. The fourth-order valence-corrected chi connectivity index (χ4v) is 1.20. The predicted octanol–water partition coefficient (Wildman–Crippen LogP) is 2.92. The highest BCUT2D eigenvalue weighted by Gasteiger charge is 1.92. The number of ether oxygens (including phenoxy) is 1. The Kier molecular flexibility index (Phi) is 4.79. The zero-order valence-electron chi connectivity index (χ0n) is 7.65. The number of carbonyl (C=O) groups excluding carboxylic acids is 1. The van der Waals surface area contributed by atoms with Crippen molar-refractivity contribution in [2.75, 3.05) is 6.61 Å². The molecule has 0 saturated heterocycles. The van der Waals surface area contributed by atoms with Crippen molar-refractivity contribution in [1.82, 2.24) is 0 Å². The van der Waals surface area contributed by atoms with E-state index in [4.69, 9.17) is 11.6 Å². The second kappa shape index (κ2) is 6.22. The third kappa shape index (κ3) is 3.62. The molecule has 0 aliphatic carbocycles. The van der Waals surface area contributed by atoms with Crippen molar-refractivity contribution < 1.29 is 9.53 Å². The standard InChI is InChI=1S/C11H11ClO2/c12-11-7-2-1-5-10(11)6-3-4-8-14-9-13/h1-3,5-7,9H,4,8H2/b6-3+. The van der Waals surface area contributed by atoms with Crippen LogP contribution in [-0.4, -0.2) is 13.1 Å². The van der Waals surface area contributed by atoms with Gasteiger partial charge in [-0.25, -0.2) is 0 Å². The Labute approximate surface area is 88.1 Å². The summed E-state index contributed by atoms with van der Waals surface area (Å²) in [4.78, 5) is 9.82. The summed E-state index contributed by atoms with van der Waals surface area (Å²) < 4.78 is 4.54. The molecule has 2 nitrogen and oxygen atoms in total. The van der Waals surface area contributed by atoms with Crippen molar-refractivity contribution >= 4 is 24.1 Å². The molecule has 0 atom stereocenters. The Morgan fingerprint density at radius 3 is 2.86 bits per heavy atom. The van der Waals surface area contributed by atoms with Gasteiger partial charge in [0.25, 0.3) is 6.47 Å². The Morgan fingerprint density at radius 1 is 1.36 bits per heavy atom. The summed E-state index contributed by atoms with van der Waals surface area (Å²) in [5.41, 5.74) is 0.972. The van der Waals surface area contributed by atoms with Crippen LogP contribution >= 0.6 is 11.6 Å². The van der Waals surface area contributed by atoms with Gasteiger partial charge in [-0.05, 0) is 18.1 Å². The fourth-order valence-electron chi connectivity index (χ4n) is 1.00. The lowest BCUT2D eigenvalue weighted by atomic mass is 10.2. The summed E-state index contributed by atoms with van der Waals surface area (Å²) in [7, 11) is 0. The molecule has 0 heterocycles. The first kappa shape index (κ1) is 10.8. The Balaban J connectivity index is 2.43. The second-order valence-electron chi connectivity index (χ2n) is 2.68. The largest absolute Gasteiger partial charge is 0.468 e. The van der Waals surface area contributed by atoms with Crippen LogP contribution in [0.3, 0.4) is 0 Å². The quantitative estimate of drug-likeness (QED) is 0.552. The minimum atomic E-state index is 0.407. The second-order valence-corrected chi connectivity index (χ2v) is 3.09. The smallest absolute Gasteiger partial charge is 0.293 e. The number of hydrogen-bond acceptors (Lipinski definition) is 2. The molecule has 0 amide bonds. The van der Waals surface area contributed by atoms with Gasteiger partial charge < -0.3 is 4.74 Å². The summed E-state index contributed by atoms with van der Waals surface area (Å²) >= 11 is 5.93. The Morgan fingerprint density at radius 2 is 2.14 bits per heavy atom. The minimum Gasteiger partial charge on any atom is -0.468 e. The van der Waals surface area contributed by atoms with E-state index in [9.17, 15) is 4.79 Å². The Bertz CT molecular complexity index is 321. The Hall–Kier alpha value is -1.28. The molecule has 0 radical (unpaired) electrons. The van der Waals surface area contributed by atoms with E-state index in [1.54, 1.807) is 0 Å². The van der Waals surface area contributed by atoms with Crippen LogP contribution in [0.1, 0.15) is 12.0 Å². The third-order valence-electron chi connectivity index (χ3n) is 1.67. The van der Waals surface area contributed by atoms with Crippen molar-refractivity contribution in [1.29, 1.82) is 0 Å². The van der Waals surface area contributed by atoms with E-state index in [1.807, 2.05) is 36.4 Å².